The molecule has 0 bridgehead atoms. The first-order chi connectivity index (χ1) is 7.53. The van der Waals surface area contributed by atoms with E-state index in [9.17, 15) is 26.0 Å². The maximum absolute atomic E-state index is 12.8. The molecule has 9 heteroatoms. The van der Waals surface area contributed by atoms with Gasteiger partial charge in [0.2, 0.25) is 9.05 Å². The molecule has 1 atom stereocenters. The highest BCUT2D eigenvalue weighted by Gasteiger charge is 2.49. The first-order valence-electron chi connectivity index (χ1n) is 3.98. The highest BCUT2D eigenvalue weighted by atomic mass is 79.9. The Morgan fingerprint density at radius 1 is 1.29 bits per heavy atom. The van der Waals surface area contributed by atoms with Crippen molar-refractivity contribution in [2.24, 2.45) is 0 Å². The average Bonchev–Trinajstić information content (AvgIpc) is 2.06. The van der Waals surface area contributed by atoms with Crippen molar-refractivity contribution < 1.29 is 26.0 Å². The van der Waals surface area contributed by atoms with Gasteiger partial charge in [-0.15, -0.1) is 0 Å². The van der Waals surface area contributed by atoms with Crippen LogP contribution in [0.1, 0.15) is 10.8 Å². The van der Waals surface area contributed by atoms with Crippen LogP contribution in [0.25, 0.3) is 0 Å². The number of alkyl halides is 3. The van der Waals surface area contributed by atoms with Gasteiger partial charge in [-0.25, -0.2) is 12.8 Å². The Bertz CT molecular complexity index is 529. The van der Waals surface area contributed by atoms with Crippen LogP contribution in [-0.2, 0) is 9.05 Å². The smallest absolute Gasteiger partial charge is 0.211 e. The first-order valence-corrected chi connectivity index (χ1v) is 7.15. The average molecular weight is 356 g/mol. The molecule has 1 aromatic carbocycles. The minimum Gasteiger partial charge on any atom is -0.211 e. The second-order valence-corrected chi connectivity index (χ2v) is 6.64. The van der Waals surface area contributed by atoms with Crippen LogP contribution in [0.15, 0.2) is 22.7 Å². The van der Waals surface area contributed by atoms with Gasteiger partial charge in [0.05, 0.1) is 4.47 Å². The lowest BCUT2D eigenvalue weighted by molar-refractivity contribution is -0.131. The van der Waals surface area contributed by atoms with E-state index >= 15 is 0 Å². The van der Waals surface area contributed by atoms with Gasteiger partial charge in [0, 0.05) is 10.7 Å². The summed E-state index contributed by atoms with van der Waals surface area (Å²) in [5, 5.41) is -2.88. The van der Waals surface area contributed by atoms with E-state index in [4.69, 9.17) is 10.7 Å². The van der Waals surface area contributed by atoms with Gasteiger partial charge in [-0.3, -0.25) is 0 Å². The molecule has 96 valence electrons. The zero-order valence-electron chi connectivity index (χ0n) is 7.80. The Balaban J connectivity index is 3.39. The Morgan fingerprint density at radius 2 is 1.82 bits per heavy atom. The van der Waals surface area contributed by atoms with Gasteiger partial charge in [-0.1, -0.05) is 6.07 Å². The molecule has 0 aliphatic carbocycles. The molecule has 0 fully saturated rings. The van der Waals surface area contributed by atoms with Crippen LogP contribution in [0.4, 0.5) is 17.6 Å². The Morgan fingerprint density at radius 3 is 2.18 bits per heavy atom. The SMILES string of the molecule is O=S(=O)(Cl)C(c1ccc(F)c(Br)c1)C(F)(F)F. The minimum absolute atomic E-state index is 0.274. The summed E-state index contributed by atoms with van der Waals surface area (Å²) >= 11 is 2.67. The van der Waals surface area contributed by atoms with Gasteiger partial charge < -0.3 is 0 Å². The van der Waals surface area contributed by atoms with Crippen molar-refractivity contribution in [2.75, 3.05) is 0 Å². The lowest BCUT2D eigenvalue weighted by Gasteiger charge is -2.17. The molecule has 17 heavy (non-hydrogen) atoms. The van der Waals surface area contributed by atoms with Crippen LogP contribution in [0.3, 0.4) is 0 Å². The van der Waals surface area contributed by atoms with Crippen molar-refractivity contribution in [3.8, 4) is 0 Å². The molecule has 1 rings (SSSR count). The maximum Gasteiger partial charge on any atom is 0.410 e. The Labute approximate surface area is 107 Å². The summed E-state index contributed by atoms with van der Waals surface area (Å²) in [6, 6.07) is 2.17. The molecule has 0 spiro atoms. The molecule has 1 aromatic rings. The minimum atomic E-state index is -5.07. The third kappa shape index (κ3) is 3.56. The number of hydrogen-bond acceptors (Lipinski definition) is 2. The second kappa shape index (κ2) is 4.74. The van der Waals surface area contributed by atoms with Gasteiger partial charge in [-0.2, -0.15) is 13.2 Å². The Kier molecular flexibility index (Phi) is 4.10. The van der Waals surface area contributed by atoms with Crippen molar-refractivity contribution in [2.45, 2.75) is 11.4 Å². The normalized spacial score (nSPS) is 14.7. The molecular formula is C8H4BrClF4O2S. The monoisotopic (exact) mass is 354 g/mol. The lowest BCUT2D eigenvalue weighted by Crippen LogP contribution is -2.25. The number of hydrogen-bond donors (Lipinski definition) is 0. The Hall–Kier alpha value is -0.340. The highest BCUT2D eigenvalue weighted by Crippen LogP contribution is 2.41. The zero-order valence-corrected chi connectivity index (χ0v) is 11.0. The molecule has 1 unspecified atom stereocenters. The van der Waals surface area contributed by atoms with Gasteiger partial charge in [0.15, 0.2) is 5.25 Å². The van der Waals surface area contributed by atoms with Crippen molar-refractivity contribution >= 4 is 35.7 Å². The van der Waals surface area contributed by atoms with Crippen molar-refractivity contribution in [1.82, 2.24) is 0 Å². The van der Waals surface area contributed by atoms with E-state index in [1.165, 1.54) is 0 Å². The molecule has 2 nitrogen and oxygen atoms in total. The summed E-state index contributed by atoms with van der Waals surface area (Å²) in [4.78, 5) is 0. The summed E-state index contributed by atoms with van der Waals surface area (Å²) in [6.07, 6.45) is -5.07. The first kappa shape index (κ1) is 14.7. The van der Waals surface area contributed by atoms with Gasteiger partial charge in [-0.05, 0) is 33.6 Å². The molecule has 0 saturated carbocycles. The van der Waals surface area contributed by atoms with E-state index in [2.05, 4.69) is 15.9 Å². The quantitative estimate of drug-likeness (QED) is 0.598. The highest BCUT2D eigenvalue weighted by molar-refractivity contribution is 9.10. The largest absolute Gasteiger partial charge is 0.410 e. The predicted molar refractivity (Wildman–Crippen MR) is 57.7 cm³/mol. The molecule has 0 N–H and O–H groups in total. The zero-order chi connectivity index (χ0) is 13.4. The third-order valence-corrected chi connectivity index (χ3v) is 4.07. The topological polar surface area (TPSA) is 34.1 Å². The summed E-state index contributed by atoms with van der Waals surface area (Å²) in [7, 11) is -0.148. The molecule has 0 aliphatic heterocycles. The van der Waals surface area contributed by atoms with E-state index in [1.54, 1.807) is 0 Å². The molecule has 0 radical (unpaired) electrons. The number of rotatable bonds is 2. The van der Waals surface area contributed by atoms with E-state index < -0.39 is 31.9 Å². The molecule has 0 heterocycles. The van der Waals surface area contributed by atoms with Crippen LogP contribution in [0.5, 0.6) is 0 Å². The molecule has 0 saturated heterocycles. The van der Waals surface area contributed by atoms with Crippen LogP contribution in [0, 0.1) is 5.82 Å². The molecule has 0 aliphatic rings. The summed E-state index contributed by atoms with van der Waals surface area (Å²) in [5.74, 6) is -0.804. The number of benzene rings is 1. The van der Waals surface area contributed by atoms with Crippen molar-refractivity contribution in [3.63, 3.8) is 0 Å². The standard InChI is InChI=1S/C8H4BrClF4O2S/c9-5-3-4(1-2-6(5)11)7(8(12,13)14)17(10,15)16/h1-3,7H. The summed E-state index contributed by atoms with van der Waals surface area (Å²) < 4.78 is 72.1. The van der Waals surface area contributed by atoms with E-state index in [0.29, 0.717) is 0 Å². The van der Waals surface area contributed by atoms with Crippen LogP contribution in [0.2, 0.25) is 0 Å². The molecule has 0 amide bonds. The third-order valence-electron chi connectivity index (χ3n) is 1.83. The summed E-state index contributed by atoms with van der Waals surface area (Å²) in [6.45, 7) is 0. The van der Waals surface area contributed by atoms with E-state index in [-0.39, 0.29) is 4.47 Å². The fourth-order valence-electron chi connectivity index (χ4n) is 1.19. The lowest BCUT2D eigenvalue weighted by atomic mass is 10.1. The van der Waals surface area contributed by atoms with Crippen molar-refractivity contribution in [1.29, 1.82) is 0 Å². The van der Waals surface area contributed by atoms with Gasteiger partial charge >= 0.3 is 6.18 Å². The second-order valence-electron chi connectivity index (χ2n) is 3.07. The molecular weight excluding hydrogens is 352 g/mol. The molecule has 0 aromatic heterocycles. The summed E-state index contributed by atoms with van der Waals surface area (Å²) in [5.41, 5.74) is -0.652. The van der Waals surface area contributed by atoms with Crippen LogP contribution in [-0.4, -0.2) is 14.6 Å². The van der Waals surface area contributed by atoms with E-state index in [1.807, 2.05) is 0 Å². The van der Waals surface area contributed by atoms with E-state index in [0.717, 1.165) is 18.2 Å². The fraction of sp³-hybridized carbons (Fsp3) is 0.250. The number of halogens is 6. The maximum atomic E-state index is 12.8. The van der Waals surface area contributed by atoms with Crippen LogP contribution >= 0.6 is 26.6 Å². The fourth-order valence-corrected chi connectivity index (χ4v) is 2.99. The van der Waals surface area contributed by atoms with Gasteiger partial charge in [0.1, 0.15) is 5.82 Å². The van der Waals surface area contributed by atoms with Crippen LogP contribution < -0.4 is 0 Å². The van der Waals surface area contributed by atoms with Gasteiger partial charge in [0.25, 0.3) is 0 Å². The van der Waals surface area contributed by atoms with Crippen molar-refractivity contribution in [3.05, 3.63) is 34.1 Å². The predicted octanol–water partition coefficient (Wildman–Crippen LogP) is 3.76.